The Hall–Kier alpha value is -2.89. The number of para-hydroxylation sites is 1. The first-order chi connectivity index (χ1) is 12.6. The number of halogens is 1. The number of anilines is 1. The molecule has 1 N–H and O–H groups in total. The zero-order valence-electron chi connectivity index (χ0n) is 14.4. The lowest BCUT2D eigenvalue weighted by molar-refractivity contribution is -0.123. The molecule has 0 atom stereocenters. The molecule has 3 rings (SSSR count). The Bertz CT molecular complexity index is 794. The number of nitrogens with zero attached hydrogens (tertiary/aromatic N) is 1. The molecule has 26 heavy (non-hydrogen) atoms. The highest BCUT2D eigenvalue weighted by Crippen LogP contribution is 2.22. The minimum absolute atomic E-state index is 0.0493. The van der Waals surface area contributed by atoms with Gasteiger partial charge >= 0.3 is 0 Å². The van der Waals surface area contributed by atoms with Crippen LogP contribution >= 0.6 is 0 Å². The maximum atomic E-state index is 13.5. The summed E-state index contributed by atoms with van der Waals surface area (Å²) in [5, 5.41) is 2.74. The molecule has 1 fully saturated rings. The molecule has 0 spiro atoms. The van der Waals surface area contributed by atoms with E-state index in [-0.39, 0.29) is 24.2 Å². The van der Waals surface area contributed by atoms with Crippen LogP contribution in [0.1, 0.15) is 24.8 Å². The van der Waals surface area contributed by atoms with Crippen molar-refractivity contribution in [1.82, 2.24) is 5.32 Å². The Morgan fingerprint density at radius 3 is 2.81 bits per heavy atom. The van der Waals surface area contributed by atoms with Crippen molar-refractivity contribution >= 4 is 17.5 Å². The van der Waals surface area contributed by atoms with E-state index in [1.165, 1.54) is 12.1 Å². The molecule has 1 saturated heterocycles. The van der Waals surface area contributed by atoms with Crippen molar-refractivity contribution in [1.29, 1.82) is 0 Å². The minimum Gasteiger partial charge on any atom is -0.481 e. The Morgan fingerprint density at radius 2 is 2.00 bits per heavy atom. The van der Waals surface area contributed by atoms with Gasteiger partial charge < -0.3 is 15.0 Å². The fourth-order valence-electron chi connectivity index (χ4n) is 2.87. The van der Waals surface area contributed by atoms with Crippen LogP contribution < -0.4 is 15.0 Å². The van der Waals surface area contributed by atoms with Crippen molar-refractivity contribution in [2.75, 3.05) is 18.1 Å². The summed E-state index contributed by atoms with van der Waals surface area (Å²) in [5.41, 5.74) is 1.74. The molecule has 2 aromatic rings. The predicted octanol–water partition coefficient (Wildman–Crippen LogP) is 3.04. The smallest absolute Gasteiger partial charge is 0.258 e. The van der Waals surface area contributed by atoms with E-state index in [4.69, 9.17) is 4.74 Å². The van der Waals surface area contributed by atoms with E-state index >= 15 is 0 Å². The van der Waals surface area contributed by atoms with Crippen molar-refractivity contribution in [3.63, 3.8) is 0 Å². The third-order valence-corrected chi connectivity index (χ3v) is 4.23. The van der Waals surface area contributed by atoms with Gasteiger partial charge in [0, 0.05) is 25.2 Å². The van der Waals surface area contributed by atoms with Crippen LogP contribution in [0.15, 0.2) is 48.5 Å². The number of rotatable bonds is 6. The first-order valence-corrected chi connectivity index (χ1v) is 8.67. The Balaban J connectivity index is 1.53. The third kappa shape index (κ3) is 4.59. The maximum Gasteiger partial charge on any atom is 0.258 e. The standard InChI is InChI=1S/C20H21FN2O3/c21-17-8-1-2-9-18(17)26-14-19(24)22-13-15-6-5-7-16(12-15)23-11-4-3-10-20(23)25/h1-2,5-9,12H,3-4,10-11,13-14H2,(H,22,24). The molecule has 0 aliphatic carbocycles. The van der Waals surface area contributed by atoms with E-state index in [2.05, 4.69) is 5.32 Å². The molecule has 0 radical (unpaired) electrons. The number of nitrogens with one attached hydrogen (secondary N) is 1. The van der Waals surface area contributed by atoms with E-state index in [0.717, 1.165) is 30.6 Å². The number of piperidine rings is 1. The average molecular weight is 356 g/mol. The first-order valence-electron chi connectivity index (χ1n) is 8.67. The fourth-order valence-corrected chi connectivity index (χ4v) is 2.87. The van der Waals surface area contributed by atoms with Gasteiger partial charge in [0.15, 0.2) is 18.2 Å². The number of carbonyl (C=O) groups excluding carboxylic acids is 2. The summed E-state index contributed by atoms with van der Waals surface area (Å²) in [6.45, 7) is 0.783. The summed E-state index contributed by atoms with van der Waals surface area (Å²) in [6.07, 6.45) is 2.52. The van der Waals surface area contributed by atoms with Crippen molar-refractivity contribution < 1.29 is 18.7 Å². The van der Waals surface area contributed by atoms with Crippen LogP contribution in [0.4, 0.5) is 10.1 Å². The average Bonchev–Trinajstić information content (AvgIpc) is 2.66. The van der Waals surface area contributed by atoms with Crippen molar-refractivity contribution in [3.05, 3.63) is 59.9 Å². The third-order valence-electron chi connectivity index (χ3n) is 4.23. The summed E-state index contributed by atoms with van der Waals surface area (Å²) in [6, 6.07) is 13.5. The highest BCUT2D eigenvalue weighted by Gasteiger charge is 2.19. The van der Waals surface area contributed by atoms with Gasteiger partial charge in [-0.2, -0.15) is 0 Å². The lowest BCUT2D eigenvalue weighted by atomic mass is 10.1. The van der Waals surface area contributed by atoms with Gasteiger partial charge in [0.05, 0.1) is 0 Å². The summed E-state index contributed by atoms with van der Waals surface area (Å²) in [4.78, 5) is 25.7. The van der Waals surface area contributed by atoms with Gasteiger partial charge in [-0.15, -0.1) is 0 Å². The van der Waals surface area contributed by atoms with Gasteiger partial charge in [-0.25, -0.2) is 4.39 Å². The molecule has 6 heteroatoms. The van der Waals surface area contributed by atoms with Crippen molar-refractivity contribution in [3.8, 4) is 5.75 Å². The molecule has 5 nitrogen and oxygen atoms in total. The Morgan fingerprint density at radius 1 is 1.15 bits per heavy atom. The molecular formula is C20H21FN2O3. The van der Waals surface area contributed by atoms with E-state index in [1.807, 2.05) is 24.3 Å². The highest BCUT2D eigenvalue weighted by atomic mass is 19.1. The topological polar surface area (TPSA) is 58.6 Å². The summed E-state index contributed by atoms with van der Waals surface area (Å²) in [7, 11) is 0. The van der Waals surface area contributed by atoms with Gasteiger partial charge in [0.2, 0.25) is 5.91 Å². The van der Waals surface area contributed by atoms with E-state index in [0.29, 0.717) is 13.0 Å². The van der Waals surface area contributed by atoms with Crippen LogP contribution in [-0.2, 0) is 16.1 Å². The van der Waals surface area contributed by atoms with Crippen LogP contribution in [0.2, 0.25) is 0 Å². The fraction of sp³-hybridized carbons (Fsp3) is 0.300. The van der Waals surface area contributed by atoms with Gasteiger partial charge in [0.25, 0.3) is 5.91 Å². The predicted molar refractivity (Wildman–Crippen MR) is 96.4 cm³/mol. The molecule has 2 amide bonds. The van der Waals surface area contributed by atoms with Crippen molar-refractivity contribution in [2.24, 2.45) is 0 Å². The van der Waals surface area contributed by atoms with E-state index < -0.39 is 5.82 Å². The van der Waals surface area contributed by atoms with Gasteiger partial charge in [-0.05, 0) is 42.7 Å². The van der Waals surface area contributed by atoms with Gasteiger partial charge in [-0.1, -0.05) is 24.3 Å². The molecule has 1 aliphatic heterocycles. The summed E-state index contributed by atoms with van der Waals surface area (Å²) in [5.74, 6) is -0.657. The zero-order chi connectivity index (χ0) is 18.4. The lowest BCUT2D eigenvalue weighted by Gasteiger charge is -2.27. The second kappa shape index (κ2) is 8.47. The second-order valence-corrected chi connectivity index (χ2v) is 6.17. The number of benzene rings is 2. The molecular weight excluding hydrogens is 335 g/mol. The largest absolute Gasteiger partial charge is 0.481 e. The van der Waals surface area contributed by atoms with Crippen LogP contribution in [0, 0.1) is 5.82 Å². The number of carbonyl (C=O) groups is 2. The molecule has 0 saturated carbocycles. The number of amides is 2. The quantitative estimate of drug-likeness (QED) is 0.865. The molecule has 0 bridgehead atoms. The number of hydrogen-bond donors (Lipinski definition) is 1. The Labute approximate surface area is 151 Å². The van der Waals surface area contributed by atoms with Crippen molar-refractivity contribution in [2.45, 2.75) is 25.8 Å². The minimum atomic E-state index is -0.501. The SMILES string of the molecule is O=C(COc1ccccc1F)NCc1cccc(N2CCCCC2=O)c1. The molecule has 136 valence electrons. The van der Waals surface area contributed by atoms with Crippen LogP contribution in [0.25, 0.3) is 0 Å². The lowest BCUT2D eigenvalue weighted by Crippen LogP contribution is -2.35. The highest BCUT2D eigenvalue weighted by molar-refractivity contribution is 5.94. The summed E-state index contributed by atoms with van der Waals surface area (Å²) >= 11 is 0. The number of hydrogen-bond acceptors (Lipinski definition) is 3. The van der Waals surface area contributed by atoms with E-state index in [1.54, 1.807) is 17.0 Å². The molecule has 2 aromatic carbocycles. The monoisotopic (exact) mass is 356 g/mol. The normalized spacial score (nSPS) is 14.2. The first kappa shape index (κ1) is 17.9. The number of ether oxygens (including phenoxy) is 1. The van der Waals surface area contributed by atoms with Gasteiger partial charge in [-0.3, -0.25) is 9.59 Å². The van der Waals surface area contributed by atoms with Crippen LogP contribution in [0.3, 0.4) is 0 Å². The van der Waals surface area contributed by atoms with E-state index in [9.17, 15) is 14.0 Å². The zero-order valence-corrected chi connectivity index (χ0v) is 14.4. The maximum absolute atomic E-state index is 13.5. The molecule has 1 aliphatic rings. The molecule has 0 aromatic heterocycles. The molecule has 0 unspecified atom stereocenters. The van der Waals surface area contributed by atoms with Crippen LogP contribution in [0.5, 0.6) is 5.75 Å². The summed E-state index contributed by atoms with van der Waals surface area (Å²) < 4.78 is 18.6. The van der Waals surface area contributed by atoms with Crippen LogP contribution in [-0.4, -0.2) is 25.0 Å². The van der Waals surface area contributed by atoms with Gasteiger partial charge in [0.1, 0.15) is 0 Å². The second-order valence-electron chi connectivity index (χ2n) is 6.17. The molecule has 1 heterocycles. The Kier molecular flexibility index (Phi) is 5.84.